The summed E-state index contributed by atoms with van der Waals surface area (Å²) in [5.74, 6) is -1.18. The molecule has 0 aromatic heterocycles. The second-order valence-electron chi connectivity index (χ2n) is 5.14. The Balaban J connectivity index is 2.19. The van der Waals surface area contributed by atoms with E-state index >= 15 is 0 Å². The second kappa shape index (κ2) is 6.67. The number of benzene rings is 1. The highest BCUT2D eigenvalue weighted by Gasteiger charge is 2.33. The smallest absolute Gasteiger partial charge is 0.303 e. The number of hydrogen-bond donors (Lipinski definition) is 1. The molecule has 0 saturated carbocycles. The molecule has 1 aliphatic rings. The minimum absolute atomic E-state index is 0.247. The first-order chi connectivity index (χ1) is 9.99. The first-order valence-corrected chi connectivity index (χ1v) is 6.96. The summed E-state index contributed by atoms with van der Waals surface area (Å²) in [4.78, 5) is 25.3. The van der Waals surface area contributed by atoms with Crippen molar-refractivity contribution in [2.75, 3.05) is 13.1 Å². The number of amides is 1. The number of nitrogens with zero attached hydrogens (tertiary/aromatic N) is 1. The molecule has 0 aliphatic carbocycles. The van der Waals surface area contributed by atoms with Crippen molar-refractivity contribution in [1.82, 2.24) is 4.90 Å². The molecule has 114 valence electrons. The zero-order chi connectivity index (χ0) is 15.4. The summed E-state index contributed by atoms with van der Waals surface area (Å²) in [5, 5.41) is 0. The number of hydrogen-bond acceptors (Lipinski definition) is 4. The Morgan fingerprint density at radius 2 is 1.81 bits per heavy atom. The summed E-state index contributed by atoms with van der Waals surface area (Å²) >= 11 is 0. The fourth-order valence-electron chi connectivity index (χ4n) is 2.46. The van der Waals surface area contributed by atoms with Gasteiger partial charge in [-0.25, -0.2) is 4.39 Å². The van der Waals surface area contributed by atoms with Crippen LogP contribution in [0.1, 0.15) is 31.4 Å². The lowest BCUT2D eigenvalue weighted by atomic mass is 10.0. The zero-order valence-electron chi connectivity index (χ0n) is 11.9. The van der Waals surface area contributed by atoms with Gasteiger partial charge in [0.1, 0.15) is 11.9 Å². The highest BCUT2D eigenvalue weighted by atomic mass is 19.1. The van der Waals surface area contributed by atoms with Crippen LogP contribution in [-0.2, 0) is 14.3 Å². The van der Waals surface area contributed by atoms with Crippen LogP contribution in [0.3, 0.4) is 0 Å². The first-order valence-electron chi connectivity index (χ1n) is 6.96. The first kappa shape index (κ1) is 15.4. The molecule has 6 heteroatoms. The molecule has 0 radical (unpaired) electrons. The van der Waals surface area contributed by atoms with Gasteiger partial charge < -0.3 is 15.4 Å². The Morgan fingerprint density at radius 3 is 2.33 bits per heavy atom. The lowest BCUT2D eigenvalue weighted by Crippen LogP contribution is -2.46. The van der Waals surface area contributed by atoms with Crippen LogP contribution in [0.25, 0.3) is 0 Å². The van der Waals surface area contributed by atoms with E-state index in [-0.39, 0.29) is 5.91 Å². The van der Waals surface area contributed by atoms with Crippen LogP contribution in [0, 0.1) is 5.82 Å². The number of carbonyl (C=O) groups excluding carboxylic acids is 2. The predicted octanol–water partition coefficient (Wildman–Crippen LogP) is 1.38. The summed E-state index contributed by atoms with van der Waals surface area (Å²) in [6.45, 7) is 2.59. The van der Waals surface area contributed by atoms with Gasteiger partial charge in [-0.15, -0.1) is 0 Å². The second-order valence-corrected chi connectivity index (χ2v) is 5.14. The Kier molecular flexibility index (Phi) is 4.90. The number of nitrogens with two attached hydrogens (primary N) is 1. The average Bonchev–Trinajstić information content (AvgIpc) is 2.98. The lowest BCUT2D eigenvalue weighted by molar-refractivity contribution is -0.151. The van der Waals surface area contributed by atoms with Crippen molar-refractivity contribution >= 4 is 11.9 Å². The van der Waals surface area contributed by atoms with Gasteiger partial charge in [0.25, 0.3) is 0 Å². The van der Waals surface area contributed by atoms with Gasteiger partial charge in [0.2, 0.25) is 5.91 Å². The lowest BCUT2D eigenvalue weighted by Gasteiger charge is -2.27. The molecule has 0 bridgehead atoms. The fourth-order valence-corrected chi connectivity index (χ4v) is 2.46. The number of halogens is 1. The van der Waals surface area contributed by atoms with Crippen molar-refractivity contribution in [3.8, 4) is 0 Å². The molecule has 1 amide bonds. The van der Waals surface area contributed by atoms with E-state index in [1.807, 2.05) is 0 Å². The Labute approximate surface area is 122 Å². The maximum absolute atomic E-state index is 13.0. The molecule has 2 N–H and O–H groups in total. The molecule has 1 aromatic rings. The fraction of sp³-hybridized carbons (Fsp3) is 0.467. The van der Waals surface area contributed by atoms with Crippen LogP contribution in [0.2, 0.25) is 0 Å². The third-order valence-electron chi connectivity index (χ3n) is 3.52. The van der Waals surface area contributed by atoms with Gasteiger partial charge in [-0.05, 0) is 30.5 Å². The van der Waals surface area contributed by atoms with Crippen molar-refractivity contribution in [1.29, 1.82) is 0 Å². The number of esters is 1. The third kappa shape index (κ3) is 3.78. The normalized spacial score (nSPS) is 17.4. The van der Waals surface area contributed by atoms with Gasteiger partial charge in [0, 0.05) is 20.0 Å². The summed E-state index contributed by atoms with van der Waals surface area (Å²) in [6, 6.07) is 4.45. The van der Waals surface area contributed by atoms with Crippen LogP contribution in [0.5, 0.6) is 0 Å². The Bertz CT molecular complexity index is 512. The standard InChI is InChI=1S/C15H19FN2O3/c1-10(19)21-14(11-4-6-12(16)7-5-11)13(17)15(20)18-8-2-3-9-18/h4-7,13-14H,2-3,8-9,17H2,1H3. The van der Waals surface area contributed by atoms with E-state index in [2.05, 4.69) is 0 Å². The largest absolute Gasteiger partial charge is 0.455 e. The number of likely N-dealkylation sites (tertiary alicyclic amines) is 1. The van der Waals surface area contributed by atoms with Crippen molar-refractivity contribution in [2.45, 2.75) is 31.9 Å². The van der Waals surface area contributed by atoms with Crippen molar-refractivity contribution in [3.63, 3.8) is 0 Å². The van der Waals surface area contributed by atoms with E-state index in [1.54, 1.807) is 4.90 Å². The molecule has 1 fully saturated rings. The van der Waals surface area contributed by atoms with E-state index in [1.165, 1.54) is 31.2 Å². The van der Waals surface area contributed by atoms with E-state index in [0.717, 1.165) is 12.8 Å². The van der Waals surface area contributed by atoms with E-state index in [9.17, 15) is 14.0 Å². The minimum atomic E-state index is -0.988. The summed E-state index contributed by atoms with van der Waals surface area (Å²) < 4.78 is 18.2. The molecule has 1 heterocycles. The molecule has 2 unspecified atom stereocenters. The van der Waals surface area contributed by atoms with Crippen molar-refractivity contribution < 1.29 is 18.7 Å². The minimum Gasteiger partial charge on any atom is -0.455 e. The van der Waals surface area contributed by atoms with Crippen LogP contribution in [0.4, 0.5) is 4.39 Å². The molecule has 2 atom stereocenters. The Morgan fingerprint density at radius 1 is 1.24 bits per heavy atom. The monoisotopic (exact) mass is 294 g/mol. The summed E-state index contributed by atoms with van der Waals surface area (Å²) in [6.07, 6.45) is 0.997. The van der Waals surface area contributed by atoms with E-state index < -0.39 is 23.9 Å². The average molecular weight is 294 g/mol. The molecule has 2 rings (SSSR count). The zero-order valence-corrected chi connectivity index (χ0v) is 11.9. The summed E-state index contributed by atoms with van der Waals surface area (Å²) in [7, 11) is 0. The van der Waals surface area contributed by atoms with Gasteiger partial charge >= 0.3 is 5.97 Å². The molecule has 1 saturated heterocycles. The van der Waals surface area contributed by atoms with Crippen LogP contribution >= 0.6 is 0 Å². The van der Waals surface area contributed by atoms with Crippen LogP contribution < -0.4 is 5.73 Å². The highest BCUT2D eigenvalue weighted by molar-refractivity contribution is 5.83. The van der Waals surface area contributed by atoms with Gasteiger partial charge in [0.05, 0.1) is 0 Å². The molecular weight excluding hydrogens is 275 g/mol. The maximum Gasteiger partial charge on any atom is 0.303 e. The maximum atomic E-state index is 13.0. The predicted molar refractivity (Wildman–Crippen MR) is 74.7 cm³/mol. The molecule has 1 aromatic carbocycles. The highest BCUT2D eigenvalue weighted by Crippen LogP contribution is 2.23. The molecule has 21 heavy (non-hydrogen) atoms. The third-order valence-corrected chi connectivity index (χ3v) is 3.52. The molecule has 5 nitrogen and oxygen atoms in total. The van der Waals surface area contributed by atoms with Crippen molar-refractivity contribution in [3.05, 3.63) is 35.6 Å². The van der Waals surface area contributed by atoms with Gasteiger partial charge in [-0.3, -0.25) is 9.59 Å². The van der Waals surface area contributed by atoms with E-state index in [0.29, 0.717) is 18.7 Å². The van der Waals surface area contributed by atoms with Crippen molar-refractivity contribution in [2.24, 2.45) is 5.73 Å². The topological polar surface area (TPSA) is 72.6 Å². The van der Waals surface area contributed by atoms with Crippen LogP contribution in [0.15, 0.2) is 24.3 Å². The van der Waals surface area contributed by atoms with Crippen LogP contribution in [-0.4, -0.2) is 35.9 Å². The van der Waals surface area contributed by atoms with Gasteiger partial charge in [0.15, 0.2) is 6.10 Å². The SMILES string of the molecule is CC(=O)OC(c1ccc(F)cc1)C(N)C(=O)N1CCCC1. The Hall–Kier alpha value is -1.95. The van der Waals surface area contributed by atoms with E-state index in [4.69, 9.17) is 10.5 Å². The van der Waals surface area contributed by atoms with Gasteiger partial charge in [-0.1, -0.05) is 12.1 Å². The summed E-state index contributed by atoms with van der Waals surface area (Å²) in [5.41, 5.74) is 6.50. The van der Waals surface area contributed by atoms with Gasteiger partial charge in [-0.2, -0.15) is 0 Å². The molecule has 0 spiro atoms. The number of rotatable bonds is 4. The number of ether oxygens (including phenoxy) is 1. The number of carbonyl (C=O) groups is 2. The molecule has 1 aliphatic heterocycles. The molecular formula is C15H19FN2O3. The quantitative estimate of drug-likeness (QED) is 0.852.